The van der Waals surface area contributed by atoms with E-state index in [9.17, 15) is 0 Å². The molecule has 0 unspecified atom stereocenters. The normalized spacial score (nSPS) is 18.0. The molecule has 0 aromatic heterocycles. The van der Waals surface area contributed by atoms with Crippen LogP contribution in [0.5, 0.6) is 0 Å². The fourth-order valence-electron chi connectivity index (χ4n) is 2.72. The minimum atomic E-state index is 0.343. The molecule has 0 bridgehead atoms. The van der Waals surface area contributed by atoms with E-state index < -0.39 is 0 Å². The minimum absolute atomic E-state index is 0.343. The first-order chi connectivity index (χ1) is 9.00. The van der Waals surface area contributed by atoms with Gasteiger partial charge in [0.05, 0.1) is 5.02 Å². The molecule has 1 aromatic carbocycles. The third-order valence-electron chi connectivity index (χ3n) is 4.01. The monoisotopic (exact) mass is 296 g/mol. The van der Waals surface area contributed by atoms with E-state index in [0.717, 1.165) is 17.8 Å². The molecule has 1 aliphatic carbocycles. The first-order valence-corrected chi connectivity index (χ1v) is 7.62. The van der Waals surface area contributed by atoms with Gasteiger partial charge in [-0.1, -0.05) is 50.0 Å². The fourth-order valence-corrected chi connectivity index (χ4v) is 3.24. The highest BCUT2D eigenvalue weighted by atomic mass is 35.5. The number of nitrogens with two attached hydrogens (primary N) is 1. The second-order valence-corrected chi connectivity index (χ2v) is 6.63. The lowest BCUT2D eigenvalue weighted by molar-refractivity contribution is 0.233. The van der Waals surface area contributed by atoms with Crippen LogP contribution in [-0.4, -0.2) is 11.5 Å². The summed E-state index contributed by atoms with van der Waals surface area (Å²) in [6.45, 7) is 3.36. The van der Waals surface area contributed by atoms with Crippen LogP contribution in [0.25, 0.3) is 0 Å². The van der Waals surface area contributed by atoms with E-state index in [4.69, 9.17) is 29.6 Å². The maximum Gasteiger partial charge on any atom is 0.105 e. The number of hydrogen-bond donors (Lipinski definition) is 2. The summed E-state index contributed by atoms with van der Waals surface area (Å²) in [5.41, 5.74) is 7.79. The fraction of sp³-hybridized carbons (Fsp3) is 0.533. The van der Waals surface area contributed by atoms with Gasteiger partial charge in [-0.2, -0.15) is 0 Å². The molecule has 0 spiro atoms. The van der Waals surface area contributed by atoms with Crippen molar-refractivity contribution in [3.8, 4) is 0 Å². The second kappa shape index (κ2) is 6.10. The Kier molecular flexibility index (Phi) is 4.69. The van der Waals surface area contributed by atoms with Crippen molar-refractivity contribution in [3.05, 3.63) is 28.8 Å². The molecular formula is C15H21ClN2S. The maximum atomic E-state index is 6.17. The Morgan fingerprint density at radius 3 is 2.63 bits per heavy atom. The van der Waals surface area contributed by atoms with Crippen LogP contribution in [0.15, 0.2) is 18.2 Å². The highest BCUT2D eigenvalue weighted by molar-refractivity contribution is 7.80. The average Bonchev–Trinajstić information content (AvgIpc) is 2.37. The Balaban J connectivity index is 2.00. The molecule has 0 atom stereocenters. The topological polar surface area (TPSA) is 38.0 Å². The number of hydrogen-bond acceptors (Lipinski definition) is 2. The van der Waals surface area contributed by atoms with Crippen LogP contribution in [0.3, 0.4) is 0 Å². The van der Waals surface area contributed by atoms with Gasteiger partial charge >= 0.3 is 0 Å². The van der Waals surface area contributed by atoms with Gasteiger partial charge in [0, 0.05) is 17.8 Å². The third kappa shape index (κ3) is 3.83. The van der Waals surface area contributed by atoms with E-state index in [1.54, 1.807) is 0 Å². The predicted octanol–water partition coefficient (Wildman–Crippen LogP) is 4.36. The molecule has 0 aliphatic heterocycles. The molecule has 1 aliphatic rings. The summed E-state index contributed by atoms with van der Waals surface area (Å²) in [5, 5.41) is 4.11. The number of benzene rings is 1. The van der Waals surface area contributed by atoms with Gasteiger partial charge in [-0.05, 0) is 36.5 Å². The zero-order valence-corrected chi connectivity index (χ0v) is 12.9. The number of nitrogens with one attached hydrogen (secondary N) is 1. The Bertz CT molecular complexity index is 467. The molecule has 2 nitrogen and oxygen atoms in total. The van der Waals surface area contributed by atoms with Gasteiger partial charge in [0.25, 0.3) is 0 Å². The van der Waals surface area contributed by atoms with E-state index in [0.29, 0.717) is 15.4 Å². The molecule has 1 saturated carbocycles. The Labute approximate surface area is 125 Å². The van der Waals surface area contributed by atoms with Gasteiger partial charge in [-0.3, -0.25) is 0 Å². The summed E-state index contributed by atoms with van der Waals surface area (Å²) in [4.78, 5) is 0.343. The van der Waals surface area contributed by atoms with Crippen LogP contribution in [0.2, 0.25) is 5.02 Å². The molecule has 104 valence electrons. The van der Waals surface area contributed by atoms with Crippen LogP contribution < -0.4 is 11.1 Å². The maximum absolute atomic E-state index is 6.17. The Hall–Kier alpha value is -0.800. The van der Waals surface area contributed by atoms with E-state index in [-0.39, 0.29) is 0 Å². The zero-order valence-electron chi connectivity index (χ0n) is 11.3. The summed E-state index contributed by atoms with van der Waals surface area (Å²) < 4.78 is 0. The lowest BCUT2D eigenvalue weighted by Gasteiger charge is -2.34. The van der Waals surface area contributed by atoms with Crippen LogP contribution in [0, 0.1) is 5.41 Å². The lowest BCUT2D eigenvalue weighted by atomic mass is 9.76. The van der Waals surface area contributed by atoms with Crippen LogP contribution in [-0.2, 0) is 0 Å². The van der Waals surface area contributed by atoms with Gasteiger partial charge in [-0.15, -0.1) is 0 Å². The molecule has 0 amide bonds. The first kappa shape index (κ1) is 14.6. The van der Waals surface area contributed by atoms with Crippen molar-refractivity contribution >= 4 is 34.5 Å². The predicted molar refractivity (Wildman–Crippen MR) is 87.0 cm³/mol. The highest BCUT2D eigenvalue weighted by Gasteiger charge is 2.26. The lowest BCUT2D eigenvalue weighted by Crippen LogP contribution is -2.28. The second-order valence-electron chi connectivity index (χ2n) is 5.78. The van der Waals surface area contributed by atoms with Crippen molar-refractivity contribution in [1.82, 2.24) is 0 Å². The molecule has 0 saturated heterocycles. The number of anilines is 1. The first-order valence-electron chi connectivity index (χ1n) is 6.83. The molecule has 19 heavy (non-hydrogen) atoms. The van der Waals surface area contributed by atoms with E-state index in [2.05, 4.69) is 12.2 Å². The molecule has 0 heterocycles. The smallest absolute Gasteiger partial charge is 0.105 e. The number of rotatable bonds is 4. The van der Waals surface area contributed by atoms with Crippen molar-refractivity contribution in [1.29, 1.82) is 0 Å². The van der Waals surface area contributed by atoms with Crippen molar-refractivity contribution in [2.45, 2.75) is 39.0 Å². The van der Waals surface area contributed by atoms with Crippen molar-refractivity contribution in [3.63, 3.8) is 0 Å². The van der Waals surface area contributed by atoms with Gasteiger partial charge in [0.1, 0.15) is 4.99 Å². The van der Waals surface area contributed by atoms with Crippen molar-refractivity contribution in [2.24, 2.45) is 11.1 Å². The van der Waals surface area contributed by atoms with Gasteiger partial charge in [0.2, 0.25) is 0 Å². The minimum Gasteiger partial charge on any atom is -0.389 e. The summed E-state index contributed by atoms with van der Waals surface area (Å²) in [5.74, 6) is 0. The molecule has 2 rings (SSSR count). The molecule has 3 N–H and O–H groups in total. The Morgan fingerprint density at radius 1 is 1.37 bits per heavy atom. The molecule has 4 heteroatoms. The van der Waals surface area contributed by atoms with Crippen LogP contribution >= 0.6 is 23.8 Å². The molecule has 0 radical (unpaired) electrons. The number of halogens is 1. The summed E-state index contributed by atoms with van der Waals surface area (Å²) in [6.07, 6.45) is 6.68. The van der Waals surface area contributed by atoms with Crippen molar-refractivity contribution in [2.75, 3.05) is 11.9 Å². The van der Waals surface area contributed by atoms with Gasteiger partial charge in [0.15, 0.2) is 0 Å². The van der Waals surface area contributed by atoms with Gasteiger partial charge in [-0.25, -0.2) is 0 Å². The SMILES string of the molecule is CC1(CNc2ccc(C(N)=S)c(Cl)c2)CCCCC1. The third-order valence-corrected chi connectivity index (χ3v) is 4.55. The summed E-state index contributed by atoms with van der Waals surface area (Å²) in [7, 11) is 0. The standard InChI is InChI=1S/C15H21ClN2S/c1-15(7-3-2-4-8-15)10-18-11-5-6-12(14(17)19)13(16)9-11/h5-6,9,18H,2-4,7-8,10H2,1H3,(H2,17,19). The van der Waals surface area contributed by atoms with E-state index in [1.807, 2.05) is 18.2 Å². The molecular weight excluding hydrogens is 276 g/mol. The zero-order chi connectivity index (χ0) is 13.9. The quantitative estimate of drug-likeness (QED) is 0.811. The van der Waals surface area contributed by atoms with Crippen LogP contribution in [0.1, 0.15) is 44.6 Å². The molecule has 1 aromatic rings. The summed E-state index contributed by atoms with van der Waals surface area (Å²) >= 11 is 11.1. The highest BCUT2D eigenvalue weighted by Crippen LogP contribution is 2.36. The van der Waals surface area contributed by atoms with Crippen molar-refractivity contribution < 1.29 is 0 Å². The van der Waals surface area contributed by atoms with Gasteiger partial charge < -0.3 is 11.1 Å². The largest absolute Gasteiger partial charge is 0.389 e. The number of thiocarbonyl (C=S) groups is 1. The Morgan fingerprint density at radius 2 is 2.05 bits per heavy atom. The average molecular weight is 297 g/mol. The van der Waals surface area contributed by atoms with Crippen LogP contribution in [0.4, 0.5) is 5.69 Å². The summed E-state index contributed by atoms with van der Waals surface area (Å²) in [6, 6.07) is 5.78. The molecule has 1 fully saturated rings. The van der Waals surface area contributed by atoms with E-state index in [1.165, 1.54) is 32.1 Å². The van der Waals surface area contributed by atoms with E-state index >= 15 is 0 Å².